The van der Waals surface area contributed by atoms with Crippen LogP contribution in [0.5, 0.6) is 17.2 Å². The number of carbonyl (C=O) groups is 1. The van der Waals surface area contributed by atoms with E-state index in [1.807, 2.05) is 17.0 Å². The van der Waals surface area contributed by atoms with E-state index in [2.05, 4.69) is 29.2 Å². The van der Waals surface area contributed by atoms with Crippen LogP contribution in [0, 0.1) is 5.92 Å². The molecule has 2 aromatic carbocycles. The van der Waals surface area contributed by atoms with E-state index in [1.54, 1.807) is 21.3 Å². The van der Waals surface area contributed by atoms with E-state index >= 15 is 0 Å². The minimum Gasteiger partial charge on any atom is -0.493 e. The molecule has 1 amide bonds. The van der Waals surface area contributed by atoms with Gasteiger partial charge < -0.3 is 19.1 Å². The molecule has 1 saturated heterocycles. The maximum absolute atomic E-state index is 13.0. The number of fused-ring (bicyclic) bond motifs is 1. The van der Waals surface area contributed by atoms with Gasteiger partial charge >= 0.3 is 0 Å². The lowest BCUT2D eigenvalue weighted by molar-refractivity contribution is -0.137. The SMILES string of the molecule is COc1cc(CN2CCN(C(=O)C3Cc4ccccc4C3)CC2)cc(OC)c1OC.Cl. The second-order valence-electron chi connectivity index (χ2n) is 8.01. The summed E-state index contributed by atoms with van der Waals surface area (Å²) in [4.78, 5) is 17.4. The van der Waals surface area contributed by atoms with Crippen LogP contribution in [0.4, 0.5) is 0 Å². The summed E-state index contributed by atoms with van der Waals surface area (Å²) < 4.78 is 16.3. The highest BCUT2D eigenvalue weighted by Gasteiger charge is 2.32. The van der Waals surface area contributed by atoms with Crippen LogP contribution in [0.15, 0.2) is 36.4 Å². The minimum absolute atomic E-state index is 0. The monoisotopic (exact) mass is 446 g/mol. The fraction of sp³-hybridized carbons (Fsp3) is 0.458. The molecule has 4 rings (SSSR count). The number of hydrogen-bond acceptors (Lipinski definition) is 5. The summed E-state index contributed by atoms with van der Waals surface area (Å²) in [6.45, 7) is 4.06. The van der Waals surface area contributed by atoms with E-state index in [0.717, 1.165) is 51.1 Å². The molecule has 31 heavy (non-hydrogen) atoms. The molecule has 0 unspecified atom stereocenters. The van der Waals surface area contributed by atoms with Crippen LogP contribution < -0.4 is 14.2 Å². The Morgan fingerprint density at radius 3 is 1.94 bits per heavy atom. The van der Waals surface area contributed by atoms with Crippen LogP contribution in [0.3, 0.4) is 0 Å². The van der Waals surface area contributed by atoms with Crippen molar-refractivity contribution in [3.05, 3.63) is 53.1 Å². The molecule has 0 N–H and O–H groups in total. The minimum atomic E-state index is 0. The van der Waals surface area contributed by atoms with Crippen molar-refractivity contribution >= 4 is 18.3 Å². The van der Waals surface area contributed by atoms with Crippen molar-refractivity contribution in [1.29, 1.82) is 0 Å². The maximum Gasteiger partial charge on any atom is 0.226 e. The molecular weight excluding hydrogens is 416 g/mol. The van der Waals surface area contributed by atoms with Gasteiger partial charge in [0, 0.05) is 38.6 Å². The predicted molar refractivity (Wildman–Crippen MR) is 123 cm³/mol. The van der Waals surface area contributed by atoms with E-state index in [1.165, 1.54) is 11.1 Å². The Bertz CT molecular complexity index is 862. The van der Waals surface area contributed by atoms with Gasteiger partial charge in [-0.1, -0.05) is 24.3 Å². The molecule has 0 atom stereocenters. The van der Waals surface area contributed by atoms with Crippen LogP contribution in [-0.2, 0) is 24.2 Å². The normalized spacial score (nSPS) is 16.4. The van der Waals surface area contributed by atoms with E-state index in [9.17, 15) is 4.79 Å². The second-order valence-corrected chi connectivity index (χ2v) is 8.01. The molecule has 0 aromatic heterocycles. The average molecular weight is 447 g/mol. The predicted octanol–water partition coefficient (Wildman–Crippen LogP) is 3.19. The second kappa shape index (κ2) is 10.2. The van der Waals surface area contributed by atoms with E-state index in [0.29, 0.717) is 23.2 Å². The Hall–Kier alpha value is -2.44. The van der Waals surface area contributed by atoms with E-state index in [-0.39, 0.29) is 18.3 Å². The Balaban J connectivity index is 0.00000272. The van der Waals surface area contributed by atoms with Gasteiger partial charge in [0.05, 0.1) is 21.3 Å². The number of halogens is 1. The van der Waals surface area contributed by atoms with Crippen molar-refractivity contribution in [2.24, 2.45) is 5.92 Å². The summed E-state index contributed by atoms with van der Waals surface area (Å²) >= 11 is 0. The molecule has 0 spiro atoms. The van der Waals surface area contributed by atoms with Crippen LogP contribution >= 0.6 is 12.4 Å². The summed E-state index contributed by atoms with van der Waals surface area (Å²) in [6.07, 6.45) is 1.75. The summed E-state index contributed by atoms with van der Waals surface area (Å²) in [6, 6.07) is 12.4. The number of hydrogen-bond donors (Lipinski definition) is 0. The molecule has 0 bridgehead atoms. The van der Waals surface area contributed by atoms with Gasteiger partial charge in [-0.05, 0) is 41.7 Å². The third-order valence-corrected chi connectivity index (χ3v) is 6.21. The molecule has 6 nitrogen and oxygen atoms in total. The van der Waals surface area contributed by atoms with Gasteiger partial charge in [-0.25, -0.2) is 0 Å². The van der Waals surface area contributed by atoms with Crippen molar-refractivity contribution in [3.8, 4) is 17.2 Å². The molecular formula is C24H31ClN2O4. The van der Waals surface area contributed by atoms with Gasteiger partial charge in [-0.3, -0.25) is 9.69 Å². The quantitative estimate of drug-likeness (QED) is 0.682. The highest BCUT2D eigenvalue weighted by molar-refractivity contribution is 5.85. The van der Waals surface area contributed by atoms with Gasteiger partial charge in [-0.2, -0.15) is 0 Å². The highest BCUT2D eigenvalue weighted by atomic mass is 35.5. The van der Waals surface area contributed by atoms with Gasteiger partial charge in [0.25, 0.3) is 0 Å². The lowest BCUT2D eigenvalue weighted by Gasteiger charge is -2.36. The lowest BCUT2D eigenvalue weighted by Crippen LogP contribution is -2.50. The molecule has 0 radical (unpaired) electrons. The lowest BCUT2D eigenvalue weighted by atomic mass is 10.0. The Kier molecular flexibility index (Phi) is 7.68. The topological polar surface area (TPSA) is 51.2 Å². The van der Waals surface area contributed by atoms with Crippen LogP contribution in [0.2, 0.25) is 0 Å². The fourth-order valence-electron chi connectivity index (χ4n) is 4.60. The zero-order chi connectivity index (χ0) is 21.1. The van der Waals surface area contributed by atoms with E-state index < -0.39 is 0 Å². The van der Waals surface area contributed by atoms with Gasteiger partial charge in [0.2, 0.25) is 11.7 Å². The van der Waals surface area contributed by atoms with Crippen molar-refractivity contribution in [3.63, 3.8) is 0 Å². The number of amides is 1. The summed E-state index contributed by atoms with van der Waals surface area (Å²) in [7, 11) is 4.87. The highest BCUT2D eigenvalue weighted by Crippen LogP contribution is 2.38. The number of rotatable bonds is 6. The Morgan fingerprint density at radius 2 is 1.45 bits per heavy atom. The molecule has 1 heterocycles. The van der Waals surface area contributed by atoms with Crippen molar-refractivity contribution in [1.82, 2.24) is 9.80 Å². The van der Waals surface area contributed by atoms with Crippen molar-refractivity contribution in [2.75, 3.05) is 47.5 Å². The first-order chi connectivity index (χ1) is 14.6. The summed E-state index contributed by atoms with van der Waals surface area (Å²) in [5.41, 5.74) is 3.77. The third-order valence-electron chi connectivity index (χ3n) is 6.21. The Morgan fingerprint density at radius 1 is 0.903 bits per heavy atom. The smallest absolute Gasteiger partial charge is 0.226 e. The molecule has 168 valence electrons. The van der Waals surface area contributed by atoms with Gasteiger partial charge in [0.15, 0.2) is 11.5 Å². The number of nitrogens with zero attached hydrogens (tertiary/aromatic N) is 2. The first-order valence-electron chi connectivity index (χ1n) is 10.5. The summed E-state index contributed by atoms with van der Waals surface area (Å²) in [5.74, 6) is 2.35. The number of piperazine rings is 1. The Labute approximate surface area is 190 Å². The van der Waals surface area contributed by atoms with Crippen LogP contribution in [0.25, 0.3) is 0 Å². The maximum atomic E-state index is 13.0. The third kappa shape index (κ3) is 4.91. The largest absolute Gasteiger partial charge is 0.493 e. The molecule has 1 fully saturated rings. The summed E-state index contributed by atoms with van der Waals surface area (Å²) in [5, 5.41) is 0. The molecule has 2 aromatic rings. The molecule has 0 saturated carbocycles. The first kappa shape index (κ1) is 23.2. The van der Waals surface area contributed by atoms with E-state index in [4.69, 9.17) is 14.2 Å². The zero-order valence-electron chi connectivity index (χ0n) is 18.4. The molecule has 2 aliphatic rings. The number of benzene rings is 2. The standard InChI is InChI=1S/C24H30N2O4.ClH/c1-28-21-12-17(13-22(29-2)23(21)30-3)16-25-8-10-26(11-9-25)24(27)20-14-18-6-4-5-7-19(18)15-20;/h4-7,12-13,20H,8-11,14-16H2,1-3H3;1H. The van der Waals surface area contributed by atoms with Crippen molar-refractivity contribution in [2.45, 2.75) is 19.4 Å². The van der Waals surface area contributed by atoms with Crippen LogP contribution in [0.1, 0.15) is 16.7 Å². The molecule has 1 aliphatic carbocycles. The molecule has 1 aliphatic heterocycles. The van der Waals surface area contributed by atoms with Gasteiger partial charge in [0.1, 0.15) is 0 Å². The van der Waals surface area contributed by atoms with Crippen molar-refractivity contribution < 1.29 is 19.0 Å². The van der Waals surface area contributed by atoms with Crippen LogP contribution in [-0.4, -0.2) is 63.2 Å². The van der Waals surface area contributed by atoms with Gasteiger partial charge in [-0.15, -0.1) is 12.4 Å². The average Bonchev–Trinajstić information content (AvgIpc) is 3.22. The number of methoxy groups -OCH3 is 3. The molecule has 7 heteroatoms. The fourth-order valence-corrected chi connectivity index (χ4v) is 4.60. The first-order valence-corrected chi connectivity index (χ1v) is 10.5. The number of ether oxygens (including phenoxy) is 3. The zero-order valence-corrected chi connectivity index (χ0v) is 19.2. The number of carbonyl (C=O) groups excluding carboxylic acids is 1.